The second-order valence-corrected chi connectivity index (χ2v) is 6.86. The number of para-hydroxylation sites is 1. The number of ether oxygens (including phenoxy) is 1. The Labute approximate surface area is 126 Å². The van der Waals surface area contributed by atoms with Crippen molar-refractivity contribution in [2.24, 2.45) is 0 Å². The summed E-state index contributed by atoms with van der Waals surface area (Å²) in [5.74, 6) is -0.771. The van der Waals surface area contributed by atoms with E-state index in [1.165, 1.54) is 0 Å². The Morgan fingerprint density at radius 3 is 2.38 bits per heavy atom. The zero-order valence-corrected chi connectivity index (χ0v) is 13.3. The first-order valence-corrected chi connectivity index (χ1v) is 7.45. The van der Waals surface area contributed by atoms with Gasteiger partial charge in [-0.15, -0.1) is 0 Å². The lowest BCUT2D eigenvalue weighted by atomic mass is 9.92. The van der Waals surface area contributed by atoms with Crippen LogP contribution in [0, 0.1) is 0 Å². The van der Waals surface area contributed by atoms with Crippen LogP contribution in [0.3, 0.4) is 0 Å². The molecule has 0 spiro atoms. The number of hydrogen-bond acceptors (Lipinski definition) is 3. The highest BCUT2D eigenvalue weighted by Gasteiger charge is 2.48. The number of nitrogens with zero attached hydrogens (tertiary/aromatic N) is 1. The van der Waals surface area contributed by atoms with Gasteiger partial charge in [-0.05, 0) is 46.2 Å². The molecule has 1 atom stereocenters. The van der Waals surface area contributed by atoms with Crippen LogP contribution < -0.4 is 4.90 Å². The van der Waals surface area contributed by atoms with Gasteiger partial charge in [-0.3, -0.25) is 4.79 Å². The number of rotatable bonds is 5. The monoisotopic (exact) mass is 291 g/mol. The van der Waals surface area contributed by atoms with Gasteiger partial charge in [0, 0.05) is 12.2 Å². The summed E-state index contributed by atoms with van der Waals surface area (Å²) in [6.07, 6.45) is 1.01. The van der Waals surface area contributed by atoms with E-state index in [0.29, 0.717) is 6.54 Å². The number of aliphatic carboxylic acids is 1. The molecule has 0 bridgehead atoms. The normalized spacial score (nSPS) is 23.0. The van der Waals surface area contributed by atoms with Gasteiger partial charge in [-0.25, -0.2) is 0 Å². The summed E-state index contributed by atoms with van der Waals surface area (Å²) >= 11 is 0. The Hall–Kier alpha value is -1.55. The standard InChI is InChI=1S/C17H25NO3/c1-16(2)12-14(17(3,4)21-16)18(11-10-15(19)20)13-8-6-5-7-9-13/h5-9,14H,10-12H2,1-4H3,(H,19,20). The van der Waals surface area contributed by atoms with Crippen molar-refractivity contribution in [3.63, 3.8) is 0 Å². The molecule has 4 nitrogen and oxygen atoms in total. The third-order valence-corrected chi connectivity index (χ3v) is 4.06. The van der Waals surface area contributed by atoms with Crippen molar-refractivity contribution >= 4 is 11.7 Å². The number of anilines is 1. The molecule has 1 unspecified atom stereocenters. The maximum Gasteiger partial charge on any atom is 0.305 e. The van der Waals surface area contributed by atoms with Crippen LogP contribution in [-0.4, -0.2) is 34.9 Å². The van der Waals surface area contributed by atoms with Gasteiger partial charge in [0.05, 0.1) is 23.7 Å². The summed E-state index contributed by atoms with van der Waals surface area (Å²) < 4.78 is 6.17. The Bertz CT molecular complexity index is 496. The van der Waals surface area contributed by atoms with Gasteiger partial charge in [-0.2, -0.15) is 0 Å². The predicted molar refractivity (Wildman–Crippen MR) is 83.7 cm³/mol. The SMILES string of the molecule is CC1(C)CC(N(CCC(=O)O)c2ccccc2)C(C)(C)O1. The quantitative estimate of drug-likeness (QED) is 0.904. The summed E-state index contributed by atoms with van der Waals surface area (Å²) in [5, 5.41) is 9.03. The number of benzene rings is 1. The number of hydrogen-bond donors (Lipinski definition) is 1. The first kappa shape index (κ1) is 15.8. The highest BCUT2D eigenvalue weighted by molar-refractivity contribution is 5.67. The molecule has 21 heavy (non-hydrogen) atoms. The highest BCUT2D eigenvalue weighted by Crippen LogP contribution is 2.41. The van der Waals surface area contributed by atoms with Gasteiger partial charge in [0.2, 0.25) is 0 Å². The topological polar surface area (TPSA) is 49.8 Å². The first-order chi connectivity index (χ1) is 9.71. The minimum absolute atomic E-state index is 0.127. The van der Waals surface area contributed by atoms with E-state index in [1.807, 2.05) is 30.3 Å². The summed E-state index contributed by atoms with van der Waals surface area (Å²) in [4.78, 5) is 13.2. The molecule has 116 valence electrons. The van der Waals surface area contributed by atoms with Crippen molar-refractivity contribution in [2.75, 3.05) is 11.4 Å². The minimum atomic E-state index is -0.771. The predicted octanol–water partition coefficient (Wildman–Crippen LogP) is 3.31. The van der Waals surface area contributed by atoms with E-state index in [9.17, 15) is 4.79 Å². The molecule has 0 amide bonds. The average molecular weight is 291 g/mol. The molecule has 4 heteroatoms. The molecule has 0 aromatic heterocycles. The lowest BCUT2D eigenvalue weighted by Crippen LogP contribution is -2.47. The lowest BCUT2D eigenvalue weighted by molar-refractivity contribution is -0.136. The van der Waals surface area contributed by atoms with Crippen LogP contribution in [0.5, 0.6) is 0 Å². The van der Waals surface area contributed by atoms with E-state index in [4.69, 9.17) is 9.84 Å². The molecule has 1 aliphatic rings. The van der Waals surface area contributed by atoms with E-state index in [-0.39, 0.29) is 23.7 Å². The number of carbonyl (C=O) groups is 1. The maximum atomic E-state index is 11.0. The molecule has 2 rings (SSSR count). The molecule has 0 radical (unpaired) electrons. The Morgan fingerprint density at radius 1 is 1.29 bits per heavy atom. The molecule has 1 heterocycles. The van der Waals surface area contributed by atoms with Crippen LogP contribution in [0.25, 0.3) is 0 Å². The van der Waals surface area contributed by atoms with E-state index >= 15 is 0 Å². The third kappa shape index (κ3) is 3.76. The van der Waals surface area contributed by atoms with Crippen molar-refractivity contribution in [1.29, 1.82) is 0 Å². The highest BCUT2D eigenvalue weighted by atomic mass is 16.5. The van der Waals surface area contributed by atoms with Crippen LogP contribution in [-0.2, 0) is 9.53 Å². The average Bonchev–Trinajstić information content (AvgIpc) is 2.59. The minimum Gasteiger partial charge on any atom is -0.481 e. The molecule has 0 saturated carbocycles. The zero-order valence-electron chi connectivity index (χ0n) is 13.3. The summed E-state index contributed by atoms with van der Waals surface area (Å²) in [6.45, 7) is 8.85. The van der Waals surface area contributed by atoms with Crippen molar-refractivity contribution in [1.82, 2.24) is 0 Å². The molecule has 1 aromatic rings. The van der Waals surface area contributed by atoms with Crippen molar-refractivity contribution < 1.29 is 14.6 Å². The Kier molecular flexibility index (Phi) is 4.28. The maximum absolute atomic E-state index is 11.0. The van der Waals surface area contributed by atoms with Crippen molar-refractivity contribution in [3.8, 4) is 0 Å². The third-order valence-electron chi connectivity index (χ3n) is 4.06. The van der Waals surface area contributed by atoms with Gasteiger partial charge in [0.15, 0.2) is 0 Å². The largest absolute Gasteiger partial charge is 0.481 e. The van der Waals surface area contributed by atoms with Gasteiger partial charge < -0.3 is 14.7 Å². The number of carboxylic acid groups (broad SMARTS) is 1. The van der Waals surface area contributed by atoms with Gasteiger partial charge >= 0.3 is 5.97 Å². The molecule has 0 aliphatic carbocycles. The van der Waals surface area contributed by atoms with E-state index in [0.717, 1.165) is 12.1 Å². The van der Waals surface area contributed by atoms with E-state index in [2.05, 4.69) is 32.6 Å². The van der Waals surface area contributed by atoms with Crippen LogP contribution in [0.1, 0.15) is 40.5 Å². The Morgan fingerprint density at radius 2 is 1.90 bits per heavy atom. The lowest BCUT2D eigenvalue weighted by Gasteiger charge is -2.37. The molecule has 1 fully saturated rings. The van der Waals surface area contributed by atoms with Crippen LogP contribution >= 0.6 is 0 Å². The van der Waals surface area contributed by atoms with Crippen molar-refractivity contribution in [3.05, 3.63) is 30.3 Å². The summed E-state index contributed by atoms with van der Waals surface area (Å²) in [5.41, 5.74) is 0.556. The fourth-order valence-corrected chi connectivity index (χ4v) is 3.32. The zero-order chi connectivity index (χ0) is 15.7. The second-order valence-electron chi connectivity index (χ2n) is 6.86. The molecule has 1 N–H and O–H groups in total. The summed E-state index contributed by atoms with van der Waals surface area (Å²) in [6, 6.07) is 10.2. The molecular formula is C17H25NO3. The molecule has 1 aliphatic heterocycles. The molecular weight excluding hydrogens is 266 g/mol. The molecule has 1 aromatic carbocycles. The summed E-state index contributed by atoms with van der Waals surface area (Å²) in [7, 11) is 0. The first-order valence-electron chi connectivity index (χ1n) is 7.45. The van der Waals surface area contributed by atoms with Gasteiger partial charge in [-0.1, -0.05) is 18.2 Å². The van der Waals surface area contributed by atoms with Gasteiger partial charge in [0.1, 0.15) is 0 Å². The smallest absolute Gasteiger partial charge is 0.305 e. The number of carboxylic acids is 1. The van der Waals surface area contributed by atoms with E-state index < -0.39 is 5.97 Å². The van der Waals surface area contributed by atoms with Gasteiger partial charge in [0.25, 0.3) is 0 Å². The fourth-order valence-electron chi connectivity index (χ4n) is 3.32. The van der Waals surface area contributed by atoms with Crippen molar-refractivity contribution in [2.45, 2.75) is 57.8 Å². The van der Waals surface area contributed by atoms with E-state index in [1.54, 1.807) is 0 Å². The Balaban J connectivity index is 2.29. The molecule has 1 saturated heterocycles. The van der Waals surface area contributed by atoms with Crippen LogP contribution in [0.15, 0.2) is 30.3 Å². The van der Waals surface area contributed by atoms with Crippen LogP contribution in [0.2, 0.25) is 0 Å². The van der Waals surface area contributed by atoms with Crippen LogP contribution in [0.4, 0.5) is 5.69 Å². The fraction of sp³-hybridized carbons (Fsp3) is 0.588. The second kappa shape index (κ2) is 5.68.